The molecule has 8 heteroatoms. The van der Waals surface area contributed by atoms with Crippen LogP contribution >= 0.6 is 0 Å². The summed E-state index contributed by atoms with van der Waals surface area (Å²) in [5.74, 6) is -0.438. The van der Waals surface area contributed by atoms with Crippen LogP contribution in [0, 0.1) is 10.1 Å². The van der Waals surface area contributed by atoms with Gasteiger partial charge in [0.05, 0.1) is 18.0 Å². The zero-order valence-electron chi connectivity index (χ0n) is 12.6. The highest BCUT2D eigenvalue weighted by Crippen LogP contribution is 2.12. The fourth-order valence-corrected chi connectivity index (χ4v) is 1.80. The van der Waals surface area contributed by atoms with Crippen molar-refractivity contribution >= 4 is 17.5 Å². The van der Waals surface area contributed by atoms with Gasteiger partial charge in [-0.25, -0.2) is 0 Å². The van der Waals surface area contributed by atoms with Crippen LogP contribution in [0.2, 0.25) is 0 Å². The van der Waals surface area contributed by atoms with Gasteiger partial charge >= 0.3 is 0 Å². The number of carbonyl (C=O) groups excluding carboxylic acids is 2. The Labute approximate surface area is 137 Å². The number of rotatable bonds is 6. The van der Waals surface area contributed by atoms with Crippen LogP contribution in [0.1, 0.15) is 16.8 Å². The number of nitrogens with zero attached hydrogens (tertiary/aromatic N) is 1. The maximum atomic E-state index is 11.8. The Kier molecular flexibility index (Phi) is 5.84. The molecular formula is C16H15N3O5. The van der Waals surface area contributed by atoms with Gasteiger partial charge in [-0.1, -0.05) is 24.3 Å². The Balaban J connectivity index is 1.76. The van der Waals surface area contributed by atoms with Gasteiger partial charge in [-0.2, -0.15) is 0 Å². The second kappa shape index (κ2) is 8.28. The van der Waals surface area contributed by atoms with Crippen LogP contribution in [0.25, 0.3) is 0 Å². The average molecular weight is 329 g/mol. The molecule has 2 amide bonds. The molecule has 0 bridgehead atoms. The van der Waals surface area contributed by atoms with E-state index in [2.05, 4.69) is 10.9 Å². The highest BCUT2D eigenvalue weighted by molar-refractivity contribution is 5.95. The molecule has 0 radical (unpaired) electrons. The van der Waals surface area contributed by atoms with Crippen molar-refractivity contribution in [2.75, 3.05) is 6.61 Å². The molecule has 0 unspecified atom stereocenters. The van der Waals surface area contributed by atoms with Gasteiger partial charge in [0.15, 0.2) is 0 Å². The lowest BCUT2D eigenvalue weighted by molar-refractivity contribution is -0.384. The fraction of sp³-hybridized carbons (Fsp3) is 0.125. The number of non-ortho nitro benzene ring substituents is 1. The van der Waals surface area contributed by atoms with Gasteiger partial charge in [-0.05, 0) is 18.2 Å². The number of nitrogens with one attached hydrogen (secondary N) is 2. The van der Waals surface area contributed by atoms with E-state index in [1.54, 1.807) is 12.1 Å². The van der Waals surface area contributed by atoms with Crippen molar-refractivity contribution in [1.29, 1.82) is 0 Å². The normalized spacial score (nSPS) is 9.83. The van der Waals surface area contributed by atoms with E-state index >= 15 is 0 Å². The van der Waals surface area contributed by atoms with E-state index in [9.17, 15) is 19.7 Å². The minimum atomic E-state index is -0.643. The number of nitro groups is 1. The lowest BCUT2D eigenvalue weighted by Crippen LogP contribution is -2.42. The second-order valence-electron chi connectivity index (χ2n) is 4.72. The van der Waals surface area contributed by atoms with Gasteiger partial charge in [0.25, 0.3) is 11.6 Å². The first-order valence-electron chi connectivity index (χ1n) is 7.08. The summed E-state index contributed by atoms with van der Waals surface area (Å²) in [7, 11) is 0. The summed E-state index contributed by atoms with van der Waals surface area (Å²) in [6.07, 6.45) is 0.0457. The first-order chi connectivity index (χ1) is 11.6. The third-order valence-corrected chi connectivity index (χ3v) is 2.98. The molecule has 2 aromatic carbocycles. The van der Waals surface area contributed by atoms with Gasteiger partial charge in [0.2, 0.25) is 5.91 Å². The van der Waals surface area contributed by atoms with Gasteiger partial charge in [0, 0.05) is 17.7 Å². The highest BCUT2D eigenvalue weighted by atomic mass is 16.6. The predicted molar refractivity (Wildman–Crippen MR) is 85.3 cm³/mol. The average Bonchev–Trinajstić information content (AvgIpc) is 2.60. The summed E-state index contributed by atoms with van der Waals surface area (Å²) in [6, 6.07) is 14.2. The number of para-hydroxylation sites is 1. The molecule has 0 heterocycles. The zero-order valence-corrected chi connectivity index (χ0v) is 12.6. The molecule has 0 aliphatic carbocycles. The highest BCUT2D eigenvalue weighted by Gasteiger charge is 2.12. The Bertz CT molecular complexity index is 734. The van der Waals surface area contributed by atoms with Crippen molar-refractivity contribution in [2.24, 2.45) is 0 Å². The number of hydrogen-bond donors (Lipinski definition) is 2. The molecule has 8 nitrogen and oxygen atoms in total. The van der Waals surface area contributed by atoms with Crippen LogP contribution in [-0.2, 0) is 4.79 Å². The van der Waals surface area contributed by atoms with Gasteiger partial charge in [0.1, 0.15) is 5.75 Å². The first kappa shape index (κ1) is 16.9. The van der Waals surface area contributed by atoms with Crippen molar-refractivity contribution in [1.82, 2.24) is 10.9 Å². The van der Waals surface area contributed by atoms with Crippen LogP contribution in [0.3, 0.4) is 0 Å². The minimum Gasteiger partial charge on any atom is -0.493 e. The van der Waals surface area contributed by atoms with Gasteiger partial charge in [-0.3, -0.25) is 30.6 Å². The summed E-state index contributed by atoms with van der Waals surface area (Å²) in [6.45, 7) is 0.155. The Morgan fingerprint density at radius 3 is 2.50 bits per heavy atom. The number of carbonyl (C=O) groups is 2. The SMILES string of the molecule is O=C(CCOc1ccccc1)NNC(=O)c1cccc([N+](=O)[O-])c1. The number of benzene rings is 2. The molecule has 0 spiro atoms. The molecule has 2 N–H and O–H groups in total. The quantitative estimate of drug-likeness (QED) is 0.620. The molecule has 0 aromatic heterocycles. The molecular weight excluding hydrogens is 314 g/mol. The summed E-state index contributed by atoms with van der Waals surface area (Å²) in [4.78, 5) is 33.5. The van der Waals surface area contributed by atoms with Crippen LogP contribution in [0.4, 0.5) is 5.69 Å². The molecule has 0 saturated heterocycles. The van der Waals surface area contributed by atoms with Gasteiger partial charge < -0.3 is 4.74 Å². The third kappa shape index (κ3) is 5.09. The van der Waals surface area contributed by atoms with Crippen molar-refractivity contribution in [3.05, 3.63) is 70.3 Å². The third-order valence-electron chi connectivity index (χ3n) is 2.98. The second-order valence-corrected chi connectivity index (χ2v) is 4.72. The fourth-order valence-electron chi connectivity index (χ4n) is 1.80. The molecule has 124 valence electrons. The maximum absolute atomic E-state index is 11.8. The van der Waals surface area contributed by atoms with Crippen molar-refractivity contribution in [3.8, 4) is 5.75 Å². The first-order valence-corrected chi connectivity index (χ1v) is 7.08. The molecule has 0 aliphatic heterocycles. The lowest BCUT2D eigenvalue weighted by Gasteiger charge is -2.08. The van der Waals surface area contributed by atoms with E-state index in [4.69, 9.17) is 4.74 Å². The molecule has 24 heavy (non-hydrogen) atoms. The molecule has 0 atom stereocenters. The topological polar surface area (TPSA) is 111 Å². The maximum Gasteiger partial charge on any atom is 0.270 e. The van der Waals surface area contributed by atoms with Crippen LogP contribution in [0.5, 0.6) is 5.75 Å². The molecule has 0 saturated carbocycles. The van der Waals surface area contributed by atoms with E-state index in [-0.39, 0.29) is 24.3 Å². The standard InChI is InChI=1S/C16H15N3O5/c20-15(9-10-24-14-7-2-1-3-8-14)17-18-16(21)12-5-4-6-13(11-12)19(22)23/h1-8,11H,9-10H2,(H,17,20)(H,18,21). The van der Waals surface area contributed by atoms with E-state index < -0.39 is 16.7 Å². The van der Waals surface area contributed by atoms with Crippen molar-refractivity contribution < 1.29 is 19.2 Å². The smallest absolute Gasteiger partial charge is 0.270 e. The number of nitro benzene ring substituents is 1. The van der Waals surface area contributed by atoms with E-state index in [0.29, 0.717) is 5.75 Å². The number of hydrogen-bond acceptors (Lipinski definition) is 5. The largest absolute Gasteiger partial charge is 0.493 e. The number of hydrazine groups is 1. The summed E-state index contributed by atoms with van der Waals surface area (Å²) < 4.78 is 5.36. The monoisotopic (exact) mass is 329 g/mol. The molecule has 0 aliphatic rings. The Hall–Kier alpha value is -3.42. The number of ether oxygens (including phenoxy) is 1. The van der Waals surface area contributed by atoms with Crippen LogP contribution in [-0.4, -0.2) is 23.3 Å². The van der Waals surface area contributed by atoms with Gasteiger partial charge in [-0.15, -0.1) is 0 Å². The Morgan fingerprint density at radius 1 is 1.04 bits per heavy atom. The molecule has 2 rings (SSSR count). The van der Waals surface area contributed by atoms with E-state index in [1.807, 2.05) is 18.2 Å². The van der Waals surface area contributed by atoms with Crippen LogP contribution in [0.15, 0.2) is 54.6 Å². The van der Waals surface area contributed by atoms with Crippen LogP contribution < -0.4 is 15.6 Å². The minimum absolute atomic E-state index is 0.0457. The zero-order chi connectivity index (χ0) is 17.4. The number of amides is 2. The van der Waals surface area contributed by atoms with Crippen molar-refractivity contribution in [3.63, 3.8) is 0 Å². The lowest BCUT2D eigenvalue weighted by atomic mass is 10.2. The van der Waals surface area contributed by atoms with E-state index in [1.165, 1.54) is 18.2 Å². The summed E-state index contributed by atoms with van der Waals surface area (Å²) >= 11 is 0. The van der Waals surface area contributed by atoms with E-state index in [0.717, 1.165) is 6.07 Å². The summed E-state index contributed by atoms with van der Waals surface area (Å²) in [5.41, 5.74) is 4.30. The predicted octanol–water partition coefficient (Wildman–Crippen LogP) is 1.82. The summed E-state index contributed by atoms with van der Waals surface area (Å²) in [5, 5.41) is 10.7. The molecule has 0 fully saturated rings. The molecule has 2 aromatic rings. The Morgan fingerprint density at radius 2 is 1.79 bits per heavy atom. The van der Waals surface area contributed by atoms with Crippen molar-refractivity contribution in [2.45, 2.75) is 6.42 Å².